The number of carboxylic acid groups (broad SMARTS) is 1. The lowest BCUT2D eigenvalue weighted by Gasteiger charge is -2.20. The van der Waals surface area contributed by atoms with Crippen LogP contribution in [0.2, 0.25) is 0 Å². The SMILES string of the molecule is CC(C)C(CC(=O)O)NC(=O)c1cc(O)ccc1O. The maximum absolute atomic E-state index is 11.9. The van der Waals surface area contributed by atoms with E-state index in [1.54, 1.807) is 13.8 Å². The molecule has 0 aliphatic carbocycles. The summed E-state index contributed by atoms with van der Waals surface area (Å²) in [5.74, 6) is -2.12. The van der Waals surface area contributed by atoms with Crippen molar-refractivity contribution in [2.45, 2.75) is 26.3 Å². The number of carbonyl (C=O) groups excluding carboxylic acids is 1. The number of aromatic hydroxyl groups is 2. The van der Waals surface area contributed by atoms with E-state index in [0.29, 0.717) is 0 Å². The van der Waals surface area contributed by atoms with E-state index in [0.717, 1.165) is 6.07 Å². The number of hydrogen-bond acceptors (Lipinski definition) is 4. The molecule has 1 rings (SSSR count). The van der Waals surface area contributed by atoms with Gasteiger partial charge in [-0.05, 0) is 24.1 Å². The summed E-state index contributed by atoms with van der Waals surface area (Å²) in [5.41, 5.74) is -0.0870. The second-order valence-electron chi connectivity index (χ2n) is 4.62. The molecule has 0 fully saturated rings. The first-order valence-electron chi connectivity index (χ1n) is 5.86. The molecule has 0 aliphatic rings. The molecule has 1 atom stereocenters. The van der Waals surface area contributed by atoms with Crippen LogP contribution in [-0.4, -0.2) is 33.2 Å². The Balaban J connectivity index is 2.87. The smallest absolute Gasteiger partial charge is 0.305 e. The predicted molar refractivity (Wildman–Crippen MR) is 68.1 cm³/mol. The normalized spacial score (nSPS) is 12.2. The molecule has 0 heterocycles. The van der Waals surface area contributed by atoms with Crippen LogP contribution in [0, 0.1) is 5.92 Å². The van der Waals surface area contributed by atoms with Crippen molar-refractivity contribution in [3.63, 3.8) is 0 Å². The average molecular weight is 267 g/mol. The van der Waals surface area contributed by atoms with Gasteiger partial charge in [0.1, 0.15) is 11.5 Å². The molecular weight excluding hydrogens is 250 g/mol. The first-order valence-corrected chi connectivity index (χ1v) is 5.86. The lowest BCUT2D eigenvalue weighted by molar-refractivity contribution is -0.137. The minimum absolute atomic E-state index is 0.0699. The van der Waals surface area contributed by atoms with Crippen molar-refractivity contribution < 1.29 is 24.9 Å². The standard InChI is InChI=1S/C13H17NO5/c1-7(2)10(6-12(17)18)14-13(19)9-5-8(15)3-4-11(9)16/h3-5,7,10,15-16H,6H2,1-2H3,(H,14,19)(H,17,18). The van der Waals surface area contributed by atoms with Gasteiger partial charge in [0.15, 0.2) is 0 Å². The fraction of sp³-hybridized carbons (Fsp3) is 0.385. The van der Waals surface area contributed by atoms with Gasteiger partial charge in [0.05, 0.1) is 12.0 Å². The van der Waals surface area contributed by atoms with Gasteiger partial charge < -0.3 is 20.6 Å². The largest absolute Gasteiger partial charge is 0.508 e. The molecule has 19 heavy (non-hydrogen) atoms. The van der Waals surface area contributed by atoms with Crippen molar-refractivity contribution in [1.82, 2.24) is 5.32 Å². The van der Waals surface area contributed by atoms with E-state index in [9.17, 15) is 19.8 Å². The Hall–Kier alpha value is -2.24. The van der Waals surface area contributed by atoms with Crippen molar-refractivity contribution in [2.75, 3.05) is 0 Å². The Bertz CT molecular complexity index is 484. The van der Waals surface area contributed by atoms with Crippen molar-refractivity contribution in [3.8, 4) is 11.5 Å². The van der Waals surface area contributed by atoms with Gasteiger partial charge in [-0.25, -0.2) is 0 Å². The minimum Gasteiger partial charge on any atom is -0.508 e. The van der Waals surface area contributed by atoms with Crippen molar-refractivity contribution in [3.05, 3.63) is 23.8 Å². The Morgan fingerprint density at radius 1 is 1.26 bits per heavy atom. The van der Waals surface area contributed by atoms with Gasteiger partial charge in [0.25, 0.3) is 5.91 Å². The van der Waals surface area contributed by atoms with E-state index in [1.807, 2.05) is 0 Å². The Morgan fingerprint density at radius 2 is 1.89 bits per heavy atom. The molecular formula is C13H17NO5. The molecule has 1 aromatic rings. The molecule has 6 heteroatoms. The van der Waals surface area contributed by atoms with Crippen LogP contribution in [0.15, 0.2) is 18.2 Å². The van der Waals surface area contributed by atoms with Gasteiger partial charge in [-0.3, -0.25) is 9.59 Å². The molecule has 0 saturated carbocycles. The number of nitrogens with one attached hydrogen (secondary N) is 1. The Kier molecular flexibility index (Phi) is 4.74. The molecule has 0 bridgehead atoms. The molecule has 0 spiro atoms. The number of rotatable bonds is 5. The van der Waals surface area contributed by atoms with E-state index < -0.39 is 17.9 Å². The first-order chi connectivity index (χ1) is 8.81. The fourth-order valence-electron chi connectivity index (χ4n) is 1.59. The zero-order valence-electron chi connectivity index (χ0n) is 10.8. The monoisotopic (exact) mass is 267 g/mol. The Labute approximate surface area is 110 Å². The highest BCUT2D eigenvalue weighted by Crippen LogP contribution is 2.22. The van der Waals surface area contributed by atoms with Gasteiger partial charge in [-0.1, -0.05) is 13.8 Å². The summed E-state index contributed by atoms with van der Waals surface area (Å²) >= 11 is 0. The molecule has 0 aliphatic heterocycles. The first kappa shape index (κ1) is 14.8. The van der Waals surface area contributed by atoms with E-state index in [4.69, 9.17) is 5.11 Å². The van der Waals surface area contributed by atoms with Gasteiger partial charge in [-0.2, -0.15) is 0 Å². The van der Waals surface area contributed by atoms with Crippen molar-refractivity contribution in [1.29, 1.82) is 0 Å². The summed E-state index contributed by atoms with van der Waals surface area (Å²) in [5, 5.41) is 30.2. The topological polar surface area (TPSA) is 107 Å². The van der Waals surface area contributed by atoms with Crippen LogP contribution in [0.5, 0.6) is 11.5 Å². The number of carbonyl (C=O) groups is 2. The summed E-state index contributed by atoms with van der Waals surface area (Å²) in [6, 6.07) is 3.03. The number of aliphatic carboxylic acids is 1. The zero-order chi connectivity index (χ0) is 14.6. The van der Waals surface area contributed by atoms with Crippen LogP contribution in [0.1, 0.15) is 30.6 Å². The molecule has 1 unspecified atom stereocenters. The number of phenols is 2. The molecule has 1 aromatic carbocycles. The number of amides is 1. The lowest BCUT2D eigenvalue weighted by atomic mass is 10.0. The van der Waals surface area contributed by atoms with E-state index in [1.165, 1.54) is 12.1 Å². The molecule has 4 N–H and O–H groups in total. The summed E-state index contributed by atoms with van der Waals surface area (Å²) in [4.78, 5) is 22.7. The highest BCUT2D eigenvalue weighted by atomic mass is 16.4. The summed E-state index contributed by atoms with van der Waals surface area (Å²) < 4.78 is 0. The second-order valence-corrected chi connectivity index (χ2v) is 4.62. The predicted octanol–water partition coefficient (Wildman–Crippen LogP) is 1.33. The second kappa shape index (κ2) is 6.08. The van der Waals surface area contributed by atoms with Crippen molar-refractivity contribution >= 4 is 11.9 Å². The van der Waals surface area contributed by atoms with E-state index >= 15 is 0 Å². The summed E-state index contributed by atoms with van der Waals surface area (Å²) in [7, 11) is 0. The molecule has 104 valence electrons. The third kappa shape index (κ3) is 4.17. The minimum atomic E-state index is -1.01. The summed E-state index contributed by atoms with van der Waals surface area (Å²) in [6.45, 7) is 3.58. The van der Waals surface area contributed by atoms with Gasteiger partial charge in [0.2, 0.25) is 0 Å². The van der Waals surface area contributed by atoms with Crippen LogP contribution in [0.4, 0.5) is 0 Å². The third-order valence-corrected chi connectivity index (χ3v) is 2.74. The number of phenolic OH excluding ortho intramolecular Hbond substituents is 2. The van der Waals surface area contributed by atoms with Gasteiger partial charge >= 0.3 is 5.97 Å². The van der Waals surface area contributed by atoms with E-state index in [-0.39, 0.29) is 29.4 Å². The van der Waals surface area contributed by atoms with Gasteiger partial charge in [0, 0.05) is 6.04 Å². The van der Waals surface area contributed by atoms with Crippen LogP contribution in [0.3, 0.4) is 0 Å². The van der Waals surface area contributed by atoms with Gasteiger partial charge in [-0.15, -0.1) is 0 Å². The quantitative estimate of drug-likeness (QED) is 0.602. The zero-order valence-corrected chi connectivity index (χ0v) is 10.8. The molecule has 1 amide bonds. The summed E-state index contributed by atoms with van der Waals surface area (Å²) in [6.07, 6.45) is -0.205. The van der Waals surface area contributed by atoms with Crippen LogP contribution in [-0.2, 0) is 4.79 Å². The van der Waals surface area contributed by atoms with E-state index in [2.05, 4.69) is 5.32 Å². The maximum atomic E-state index is 11.9. The lowest BCUT2D eigenvalue weighted by Crippen LogP contribution is -2.40. The molecule has 0 saturated heterocycles. The fourth-order valence-corrected chi connectivity index (χ4v) is 1.59. The number of carboxylic acids is 1. The molecule has 0 radical (unpaired) electrons. The van der Waals surface area contributed by atoms with Crippen LogP contribution >= 0.6 is 0 Å². The van der Waals surface area contributed by atoms with Crippen LogP contribution < -0.4 is 5.32 Å². The molecule has 0 aromatic heterocycles. The van der Waals surface area contributed by atoms with Crippen molar-refractivity contribution in [2.24, 2.45) is 5.92 Å². The highest BCUT2D eigenvalue weighted by Gasteiger charge is 2.21. The average Bonchev–Trinajstić information content (AvgIpc) is 2.30. The maximum Gasteiger partial charge on any atom is 0.305 e. The highest BCUT2D eigenvalue weighted by molar-refractivity contribution is 5.97. The number of hydrogen-bond donors (Lipinski definition) is 4. The Morgan fingerprint density at radius 3 is 2.42 bits per heavy atom. The van der Waals surface area contributed by atoms with Crippen LogP contribution in [0.25, 0.3) is 0 Å². The molecule has 6 nitrogen and oxygen atoms in total. The third-order valence-electron chi connectivity index (χ3n) is 2.74. The number of benzene rings is 1.